The van der Waals surface area contributed by atoms with Crippen molar-refractivity contribution in [3.8, 4) is 39.7 Å². The van der Waals surface area contributed by atoms with E-state index in [-0.39, 0.29) is 0 Å². The summed E-state index contributed by atoms with van der Waals surface area (Å²) in [5.74, 6) is 0. The molecule has 0 spiro atoms. The summed E-state index contributed by atoms with van der Waals surface area (Å²) in [6.45, 7) is 18.6. The lowest BCUT2D eigenvalue weighted by atomic mass is 9.87. The van der Waals surface area contributed by atoms with Crippen molar-refractivity contribution >= 4 is 156 Å². The second-order valence-corrected chi connectivity index (χ2v) is 23.6. The van der Waals surface area contributed by atoms with Gasteiger partial charge in [0.2, 0.25) is 5.69 Å². The van der Waals surface area contributed by atoms with E-state index in [2.05, 4.69) is 182 Å². The van der Waals surface area contributed by atoms with Gasteiger partial charge < -0.3 is 18.0 Å². The first-order chi connectivity index (χ1) is 39.2. The maximum Gasteiger partial charge on any atom is 0.220 e. The molecule has 80 heavy (non-hydrogen) atoms. The van der Waals surface area contributed by atoms with Gasteiger partial charge in [-0.1, -0.05) is 109 Å². The fraction of sp³-hybridized carbons (Fsp3) is 0.0556. The zero-order valence-corrected chi connectivity index (χ0v) is 45.4. The van der Waals surface area contributed by atoms with Crippen LogP contribution in [0.4, 0.5) is 5.69 Å². The Morgan fingerprint density at radius 2 is 0.838 bits per heavy atom. The first-order valence-electron chi connectivity index (χ1n) is 26.8. The van der Waals surface area contributed by atoms with Crippen LogP contribution in [0.2, 0.25) is 0 Å². The smallest absolute Gasteiger partial charge is 0.220 e. The molecule has 374 valence electrons. The van der Waals surface area contributed by atoms with Gasteiger partial charge in [0.05, 0.1) is 55.0 Å². The zero-order valence-electron chi connectivity index (χ0n) is 43.7. The molecule has 0 unspecified atom stereocenters. The minimum Gasteiger partial charge on any atom is -0.456 e. The van der Waals surface area contributed by atoms with Crippen molar-refractivity contribution in [2.75, 3.05) is 0 Å². The number of nitrogens with zero attached hydrogens (tertiary/aromatic N) is 4. The molecule has 11 aromatic carbocycles. The molecular weight excluding hydrogens is 1020 g/mol. The van der Waals surface area contributed by atoms with E-state index in [0.717, 1.165) is 135 Å². The predicted octanol–water partition coefficient (Wildman–Crippen LogP) is 21.4. The lowest BCUT2D eigenvalue weighted by Gasteiger charge is -2.26. The summed E-state index contributed by atoms with van der Waals surface area (Å²) >= 11 is 3.58. The van der Waals surface area contributed by atoms with Gasteiger partial charge in [-0.15, -0.1) is 22.7 Å². The van der Waals surface area contributed by atoms with E-state index in [1.165, 1.54) is 31.3 Å². The second kappa shape index (κ2) is 16.3. The maximum atomic E-state index is 12.6. The van der Waals surface area contributed by atoms with Crippen LogP contribution in [0.5, 0.6) is 0 Å². The lowest BCUT2D eigenvalue weighted by molar-refractivity contribution is 0.668. The van der Waals surface area contributed by atoms with E-state index in [4.69, 9.17) is 13.7 Å². The highest BCUT2D eigenvalue weighted by Gasteiger charge is 2.34. The molecule has 6 heterocycles. The van der Waals surface area contributed by atoms with Crippen molar-refractivity contribution in [1.82, 2.24) is 9.13 Å². The molecule has 0 bridgehead atoms. The van der Waals surface area contributed by atoms with Gasteiger partial charge in [0.1, 0.15) is 28.4 Å². The van der Waals surface area contributed by atoms with Crippen molar-refractivity contribution in [1.29, 1.82) is 5.26 Å². The summed E-state index contributed by atoms with van der Waals surface area (Å²) in [4.78, 5) is 4.79. The largest absolute Gasteiger partial charge is 0.456 e. The van der Waals surface area contributed by atoms with Gasteiger partial charge in [-0.05, 0) is 134 Å². The number of fused-ring (bicyclic) bond motifs is 20. The molecule has 0 amide bonds. The average molecular weight is 1060 g/mol. The highest BCUT2D eigenvalue weighted by atomic mass is 32.1. The van der Waals surface area contributed by atoms with Gasteiger partial charge in [0.15, 0.2) is 0 Å². The van der Waals surface area contributed by atoms with Crippen LogP contribution < -0.4 is 0 Å². The van der Waals surface area contributed by atoms with Crippen LogP contribution in [-0.2, 0) is 0 Å². The fourth-order valence-electron chi connectivity index (χ4n) is 13.2. The normalized spacial score (nSPS) is 12.2. The number of aromatic nitrogens is 2. The van der Waals surface area contributed by atoms with Gasteiger partial charge in [-0.3, -0.25) is 0 Å². The summed E-state index contributed by atoms with van der Waals surface area (Å²) < 4.78 is 22.5. The Morgan fingerprint density at radius 3 is 1.34 bits per heavy atom. The SMILES string of the molecule is [C-]#[N+]c1c(-c2ccc3oc4ccccc4c3c2)c(C#N)c(-n2c3cc(C)c(C)cc3c3ccc4c5ccccc5sc4c32)c(-c2ccc3oc4ccccc4c3c2)c1-n1c2cc(C)c(C)cc2c2ccc3c4ccccc4sc3c21. The number of nitriles is 1. The monoisotopic (exact) mass is 1060 g/mol. The fourth-order valence-corrected chi connectivity index (χ4v) is 15.7. The van der Waals surface area contributed by atoms with E-state index in [1.54, 1.807) is 22.7 Å². The number of aryl methyl sites for hydroxylation is 4. The Bertz CT molecular complexity index is 5520. The third-order valence-electron chi connectivity index (χ3n) is 17.2. The first kappa shape index (κ1) is 45.1. The standard InChI is InChI=1S/C72H42N4O2S2/c1-37-30-51-47-24-26-49-45-16-8-12-20-62(45)79-71(49)68(47)75(56(51)32-39(37)3)67-55(36-73)64(41-22-28-60-53(34-41)43-14-6-10-18-58(43)77-60)66(74-5)70(65(67)42-23-29-61-54(35-42)44-15-7-11-19-59(44)78-61)76-57-33-40(4)38(2)31-52(57)48-25-27-50-46-17-9-13-21-63(46)80-72(50)69(48)76/h6-35H,1-4H3. The van der Waals surface area contributed by atoms with Crippen LogP contribution in [0.1, 0.15) is 27.8 Å². The second-order valence-electron chi connectivity index (χ2n) is 21.5. The number of furan rings is 2. The minimum absolute atomic E-state index is 0.375. The van der Waals surface area contributed by atoms with Gasteiger partial charge in [-0.25, -0.2) is 4.85 Å². The van der Waals surface area contributed by atoms with Crippen LogP contribution in [0.25, 0.3) is 166 Å². The van der Waals surface area contributed by atoms with Crippen molar-refractivity contribution in [3.05, 3.63) is 221 Å². The molecule has 0 aliphatic heterocycles. The van der Waals surface area contributed by atoms with Gasteiger partial charge in [0.25, 0.3) is 0 Å². The molecule has 6 nitrogen and oxygen atoms in total. The Labute approximate surface area is 465 Å². The summed E-state index contributed by atoms with van der Waals surface area (Å²) in [7, 11) is 0. The Morgan fingerprint density at radius 1 is 0.412 bits per heavy atom. The zero-order chi connectivity index (χ0) is 53.4. The molecule has 0 aliphatic carbocycles. The summed E-state index contributed by atoms with van der Waals surface area (Å²) in [6.07, 6.45) is 0. The number of hydrogen-bond donors (Lipinski definition) is 0. The highest BCUT2D eigenvalue weighted by Crippen LogP contribution is 2.55. The van der Waals surface area contributed by atoms with Gasteiger partial charge in [0, 0.05) is 85.2 Å². The molecule has 0 saturated heterocycles. The molecule has 6 aromatic heterocycles. The average Bonchev–Trinajstić information content (AvgIpc) is 4.50. The molecule has 17 rings (SSSR count). The molecule has 0 aliphatic rings. The van der Waals surface area contributed by atoms with Crippen LogP contribution in [0.15, 0.2) is 191 Å². The first-order valence-corrected chi connectivity index (χ1v) is 28.4. The number of para-hydroxylation sites is 2. The van der Waals surface area contributed by atoms with Crippen molar-refractivity contribution in [2.24, 2.45) is 0 Å². The number of hydrogen-bond acceptors (Lipinski definition) is 5. The van der Waals surface area contributed by atoms with E-state index >= 15 is 0 Å². The van der Waals surface area contributed by atoms with Gasteiger partial charge in [-0.2, -0.15) is 5.26 Å². The Hall–Kier alpha value is -9.96. The third kappa shape index (κ3) is 5.98. The van der Waals surface area contributed by atoms with Crippen LogP contribution in [0.3, 0.4) is 0 Å². The molecule has 0 N–H and O–H groups in total. The topological polar surface area (TPSA) is 64.3 Å². The summed E-state index contributed by atoms with van der Waals surface area (Å²) in [5.41, 5.74) is 16.8. The van der Waals surface area contributed by atoms with E-state index < -0.39 is 0 Å². The molecule has 8 heteroatoms. The molecule has 17 aromatic rings. The number of benzene rings is 11. The molecule has 0 fully saturated rings. The lowest BCUT2D eigenvalue weighted by Crippen LogP contribution is -2.09. The van der Waals surface area contributed by atoms with E-state index in [1.807, 2.05) is 42.5 Å². The maximum absolute atomic E-state index is 12.6. The van der Waals surface area contributed by atoms with Gasteiger partial charge >= 0.3 is 0 Å². The highest BCUT2D eigenvalue weighted by molar-refractivity contribution is 7.27. The Kier molecular flexibility index (Phi) is 9.19. The van der Waals surface area contributed by atoms with Crippen molar-refractivity contribution in [3.63, 3.8) is 0 Å². The van der Waals surface area contributed by atoms with E-state index in [0.29, 0.717) is 28.2 Å². The summed E-state index contributed by atoms with van der Waals surface area (Å²) in [5, 5.41) is 25.4. The summed E-state index contributed by atoms with van der Waals surface area (Å²) in [6, 6.07) is 67.5. The minimum atomic E-state index is 0.375. The third-order valence-corrected chi connectivity index (χ3v) is 19.6. The number of thiophene rings is 2. The van der Waals surface area contributed by atoms with Crippen molar-refractivity contribution in [2.45, 2.75) is 27.7 Å². The molecule has 0 saturated carbocycles. The van der Waals surface area contributed by atoms with Crippen LogP contribution in [0, 0.1) is 45.6 Å². The predicted molar refractivity (Wildman–Crippen MR) is 336 cm³/mol. The Balaban J connectivity index is 1.18. The molecule has 0 atom stereocenters. The van der Waals surface area contributed by atoms with Crippen LogP contribution >= 0.6 is 22.7 Å². The quantitative estimate of drug-likeness (QED) is 0.165. The molecular formula is C72H42N4O2S2. The van der Waals surface area contributed by atoms with Crippen molar-refractivity contribution < 1.29 is 8.83 Å². The van der Waals surface area contributed by atoms with Crippen LogP contribution in [-0.4, -0.2) is 9.13 Å². The number of rotatable bonds is 4. The molecule has 0 radical (unpaired) electrons. The van der Waals surface area contributed by atoms with E-state index in [9.17, 15) is 11.8 Å².